The Hall–Kier alpha value is -1.44. The summed E-state index contributed by atoms with van der Waals surface area (Å²) in [6, 6.07) is 3.24. The lowest BCUT2D eigenvalue weighted by molar-refractivity contribution is -0.121. The van der Waals surface area contributed by atoms with Crippen molar-refractivity contribution in [1.29, 1.82) is 0 Å². The van der Waals surface area contributed by atoms with Crippen LogP contribution in [-0.4, -0.2) is 22.0 Å². The molecule has 1 amide bonds. The van der Waals surface area contributed by atoms with Gasteiger partial charge in [-0.15, -0.1) is 22.7 Å². The fourth-order valence-electron chi connectivity index (χ4n) is 1.76. The average molecular weight is 345 g/mol. The summed E-state index contributed by atoms with van der Waals surface area (Å²) in [6.07, 6.45) is 0.248. The molecule has 1 unspecified atom stereocenters. The van der Waals surface area contributed by atoms with Crippen molar-refractivity contribution in [2.45, 2.75) is 26.3 Å². The Kier molecular flexibility index (Phi) is 4.97. The van der Waals surface area contributed by atoms with E-state index < -0.39 is 5.97 Å². The number of amides is 1. The quantitative estimate of drug-likeness (QED) is 0.872. The van der Waals surface area contributed by atoms with E-state index in [1.807, 2.05) is 6.07 Å². The summed E-state index contributed by atoms with van der Waals surface area (Å²) in [5.41, 5.74) is 0.466. The summed E-state index contributed by atoms with van der Waals surface area (Å²) in [5, 5.41) is 12.4. The third-order valence-corrected chi connectivity index (χ3v) is 5.28. The average Bonchev–Trinajstić information content (AvgIpc) is 2.95. The van der Waals surface area contributed by atoms with Crippen LogP contribution in [0.4, 0.5) is 0 Å². The maximum atomic E-state index is 11.9. The number of thiazole rings is 1. The molecule has 0 radical (unpaired) electrons. The molecule has 0 bridgehead atoms. The molecule has 0 saturated carbocycles. The smallest absolute Gasteiger partial charge is 0.347 e. The molecule has 0 saturated heterocycles. The van der Waals surface area contributed by atoms with E-state index >= 15 is 0 Å². The molecule has 0 aromatic carbocycles. The number of hydrogen-bond acceptors (Lipinski definition) is 5. The molecule has 2 aromatic rings. The van der Waals surface area contributed by atoms with Crippen LogP contribution in [0.15, 0.2) is 12.1 Å². The largest absolute Gasteiger partial charge is 0.477 e. The Morgan fingerprint density at radius 1 is 1.43 bits per heavy atom. The molecule has 0 spiro atoms. The molecule has 2 N–H and O–H groups in total. The van der Waals surface area contributed by atoms with Crippen LogP contribution < -0.4 is 5.32 Å². The number of carbonyl (C=O) groups is 2. The first-order chi connectivity index (χ1) is 9.86. The van der Waals surface area contributed by atoms with Gasteiger partial charge in [-0.05, 0) is 26.0 Å². The maximum absolute atomic E-state index is 11.9. The van der Waals surface area contributed by atoms with Crippen LogP contribution in [0.3, 0.4) is 0 Å². The van der Waals surface area contributed by atoms with Crippen LogP contribution in [-0.2, 0) is 11.2 Å². The highest BCUT2D eigenvalue weighted by molar-refractivity contribution is 7.16. The van der Waals surface area contributed by atoms with Crippen molar-refractivity contribution >= 4 is 46.2 Å². The monoisotopic (exact) mass is 344 g/mol. The minimum atomic E-state index is -0.997. The van der Waals surface area contributed by atoms with Gasteiger partial charge < -0.3 is 10.4 Å². The van der Waals surface area contributed by atoms with Gasteiger partial charge in [0.2, 0.25) is 5.91 Å². The van der Waals surface area contributed by atoms with E-state index in [4.69, 9.17) is 16.7 Å². The minimum Gasteiger partial charge on any atom is -0.477 e. The number of aromatic nitrogens is 1. The summed E-state index contributed by atoms with van der Waals surface area (Å²) in [7, 11) is 0. The molecule has 2 aromatic heterocycles. The van der Waals surface area contributed by atoms with Gasteiger partial charge in [0, 0.05) is 4.88 Å². The summed E-state index contributed by atoms with van der Waals surface area (Å²) < 4.78 is 0.646. The molecular formula is C13H13ClN2O3S2. The van der Waals surface area contributed by atoms with Gasteiger partial charge in [-0.3, -0.25) is 4.79 Å². The van der Waals surface area contributed by atoms with Gasteiger partial charge in [-0.2, -0.15) is 0 Å². The van der Waals surface area contributed by atoms with E-state index in [1.165, 1.54) is 11.3 Å². The molecule has 5 nitrogen and oxygen atoms in total. The highest BCUT2D eigenvalue weighted by Gasteiger charge is 2.19. The molecule has 8 heteroatoms. The van der Waals surface area contributed by atoms with Crippen molar-refractivity contribution in [2.75, 3.05) is 0 Å². The van der Waals surface area contributed by atoms with Crippen molar-refractivity contribution in [3.63, 3.8) is 0 Å². The van der Waals surface area contributed by atoms with Crippen molar-refractivity contribution in [2.24, 2.45) is 0 Å². The summed E-state index contributed by atoms with van der Waals surface area (Å²) in [5.74, 6) is -1.14. The van der Waals surface area contributed by atoms with E-state index in [9.17, 15) is 9.59 Å². The Morgan fingerprint density at radius 2 is 2.14 bits per heavy atom. The van der Waals surface area contributed by atoms with Crippen LogP contribution in [0.2, 0.25) is 4.34 Å². The summed E-state index contributed by atoms with van der Waals surface area (Å²) >= 11 is 8.27. The van der Waals surface area contributed by atoms with E-state index in [0.29, 0.717) is 15.0 Å². The molecule has 1 atom stereocenters. The molecular weight excluding hydrogens is 332 g/mol. The van der Waals surface area contributed by atoms with Gasteiger partial charge in [0.05, 0.1) is 22.5 Å². The zero-order valence-electron chi connectivity index (χ0n) is 11.3. The first kappa shape index (κ1) is 15.9. The van der Waals surface area contributed by atoms with Crippen molar-refractivity contribution in [3.05, 3.63) is 36.9 Å². The second kappa shape index (κ2) is 6.55. The minimum absolute atomic E-state index is 0.147. The Morgan fingerprint density at radius 3 is 2.67 bits per heavy atom. The molecule has 21 heavy (non-hydrogen) atoms. The Labute approximate surface area is 134 Å². The third-order valence-electron chi connectivity index (χ3n) is 2.72. The van der Waals surface area contributed by atoms with Gasteiger partial charge in [-0.1, -0.05) is 11.6 Å². The van der Waals surface area contributed by atoms with E-state index in [2.05, 4.69) is 10.3 Å². The first-order valence-electron chi connectivity index (χ1n) is 6.11. The zero-order valence-corrected chi connectivity index (χ0v) is 13.7. The van der Waals surface area contributed by atoms with Gasteiger partial charge in [0.25, 0.3) is 0 Å². The highest BCUT2D eigenvalue weighted by Crippen LogP contribution is 2.24. The number of nitrogens with one attached hydrogen (secondary N) is 1. The SMILES string of the molecule is Cc1nc(C(C)NC(=O)Cc2ccc(Cl)s2)sc1C(=O)O. The second-order valence-electron chi connectivity index (χ2n) is 4.44. The standard InChI is InChI=1S/C13H13ClN2O3S2/c1-6-11(13(18)19)21-12(16-6)7(2)15-10(17)5-8-3-4-9(14)20-8/h3-4,7H,5H2,1-2H3,(H,15,17)(H,18,19). The maximum Gasteiger partial charge on any atom is 0.347 e. The second-order valence-corrected chi connectivity index (χ2v) is 7.27. The normalized spacial score (nSPS) is 12.1. The zero-order chi connectivity index (χ0) is 15.6. The predicted octanol–water partition coefficient (Wildman–Crippen LogP) is 3.28. The number of halogens is 1. The molecule has 0 aliphatic heterocycles. The molecule has 0 aliphatic rings. The molecule has 112 valence electrons. The van der Waals surface area contributed by atoms with Crippen molar-refractivity contribution in [3.8, 4) is 0 Å². The number of thiophene rings is 1. The lowest BCUT2D eigenvalue weighted by Gasteiger charge is -2.10. The fraction of sp³-hybridized carbons (Fsp3) is 0.308. The van der Waals surface area contributed by atoms with E-state index in [0.717, 1.165) is 16.2 Å². The van der Waals surface area contributed by atoms with Gasteiger partial charge in [-0.25, -0.2) is 9.78 Å². The van der Waals surface area contributed by atoms with Crippen LogP contribution in [0.25, 0.3) is 0 Å². The molecule has 0 fully saturated rings. The number of carbonyl (C=O) groups excluding carboxylic acids is 1. The molecule has 2 rings (SSSR count). The van der Waals surface area contributed by atoms with Gasteiger partial charge in [0.15, 0.2) is 0 Å². The Balaban J connectivity index is 2.00. The van der Waals surface area contributed by atoms with E-state index in [1.54, 1.807) is 19.9 Å². The third kappa shape index (κ3) is 4.03. The lowest BCUT2D eigenvalue weighted by Crippen LogP contribution is -2.27. The topological polar surface area (TPSA) is 79.3 Å². The van der Waals surface area contributed by atoms with Crippen LogP contribution in [0.1, 0.15) is 38.2 Å². The predicted molar refractivity (Wildman–Crippen MR) is 83.4 cm³/mol. The van der Waals surface area contributed by atoms with Crippen LogP contribution in [0.5, 0.6) is 0 Å². The number of carboxylic acid groups (broad SMARTS) is 1. The van der Waals surface area contributed by atoms with Crippen LogP contribution >= 0.6 is 34.3 Å². The number of hydrogen-bond donors (Lipinski definition) is 2. The fourth-order valence-corrected chi connectivity index (χ4v) is 3.75. The lowest BCUT2D eigenvalue weighted by atomic mass is 10.3. The number of rotatable bonds is 5. The first-order valence-corrected chi connectivity index (χ1v) is 8.12. The highest BCUT2D eigenvalue weighted by atomic mass is 35.5. The Bertz CT molecular complexity index is 681. The van der Waals surface area contributed by atoms with Gasteiger partial charge >= 0.3 is 5.97 Å². The van der Waals surface area contributed by atoms with Crippen molar-refractivity contribution in [1.82, 2.24) is 10.3 Å². The van der Waals surface area contributed by atoms with Crippen LogP contribution in [0, 0.1) is 6.92 Å². The molecule has 2 heterocycles. The summed E-state index contributed by atoms with van der Waals surface area (Å²) in [4.78, 5) is 28.2. The van der Waals surface area contributed by atoms with Gasteiger partial charge in [0.1, 0.15) is 9.88 Å². The molecule has 0 aliphatic carbocycles. The number of carboxylic acids is 1. The van der Waals surface area contributed by atoms with Crippen molar-refractivity contribution < 1.29 is 14.7 Å². The number of nitrogens with zero attached hydrogens (tertiary/aromatic N) is 1. The number of aromatic carboxylic acids is 1. The number of aryl methyl sites for hydroxylation is 1. The van der Waals surface area contributed by atoms with E-state index in [-0.39, 0.29) is 23.2 Å². The summed E-state index contributed by atoms with van der Waals surface area (Å²) in [6.45, 7) is 3.43.